The van der Waals surface area contributed by atoms with Crippen molar-refractivity contribution in [3.05, 3.63) is 12.1 Å². The maximum absolute atomic E-state index is 13.0. The van der Waals surface area contributed by atoms with Gasteiger partial charge in [-0.25, -0.2) is 0 Å². The third-order valence-electron chi connectivity index (χ3n) is 1.34. The lowest BCUT2D eigenvalue weighted by Crippen LogP contribution is -2.54. The molecule has 0 aliphatic heterocycles. The van der Waals surface area contributed by atoms with Crippen LogP contribution in [0.2, 0.25) is 0 Å². The van der Waals surface area contributed by atoms with Crippen LogP contribution in [0.4, 0.5) is 34.1 Å². The van der Waals surface area contributed by atoms with Gasteiger partial charge in [-0.1, -0.05) is 0 Å². The Morgan fingerprint density at radius 3 is 1.37 bits per heavy atom. The van der Waals surface area contributed by atoms with E-state index in [2.05, 4.69) is 0 Å². The zero-order valence-corrected chi connectivity index (χ0v) is 9.51. The normalized spacial score (nSPS) is 14.1. The van der Waals surface area contributed by atoms with Crippen LogP contribution in [0.3, 0.4) is 0 Å². The predicted octanol–water partition coefficient (Wildman–Crippen LogP) is 1.85. The molecule has 0 amide bonds. The fourth-order valence-electron chi connectivity index (χ4n) is 0.615. The molecule has 0 bridgehead atoms. The lowest BCUT2D eigenvalue weighted by molar-refractivity contribution is -0.258. The molecular formula is C4F8O5S2. The summed E-state index contributed by atoms with van der Waals surface area (Å²) in [6.45, 7) is 0. The van der Waals surface area contributed by atoms with E-state index in [1.165, 1.54) is 0 Å². The zero-order chi connectivity index (χ0) is 15.9. The van der Waals surface area contributed by atoms with Gasteiger partial charge in [0.25, 0.3) is 0 Å². The molecule has 0 aromatic rings. The Kier molecular flexibility index (Phi) is 4.49. The van der Waals surface area contributed by atoms with E-state index < -0.39 is 43.0 Å². The first kappa shape index (κ1) is 17.9. The maximum atomic E-state index is 13.0. The largest absolute Gasteiger partial charge is 0.471 e. The molecule has 19 heavy (non-hydrogen) atoms. The summed E-state index contributed by atoms with van der Waals surface area (Å²) < 4.78 is 132. The van der Waals surface area contributed by atoms with Crippen LogP contribution in [0.5, 0.6) is 0 Å². The van der Waals surface area contributed by atoms with Crippen LogP contribution < -0.4 is 0 Å². The van der Waals surface area contributed by atoms with Crippen LogP contribution >= 0.6 is 0 Å². The van der Waals surface area contributed by atoms with Crippen molar-refractivity contribution in [2.75, 3.05) is 0 Å². The molecule has 0 aliphatic rings. The summed E-state index contributed by atoms with van der Waals surface area (Å²) in [6.07, 6.45) is -10.4. The maximum Gasteiger partial charge on any atom is 0.471 e. The van der Waals surface area contributed by atoms with Gasteiger partial charge in [0.2, 0.25) is 0 Å². The van der Waals surface area contributed by atoms with Crippen molar-refractivity contribution in [3.63, 3.8) is 0 Å². The standard InChI is InChI=1S/C4F8O5S2/c5-1(6)2(7)17-3(8,9)4(10,18(11,13)14)19(12,15)16. The molecule has 5 nitrogen and oxygen atoms in total. The minimum atomic E-state index is -7.59. The quantitative estimate of drug-likeness (QED) is 0.432. The second-order valence-electron chi connectivity index (χ2n) is 2.56. The molecule has 0 fully saturated rings. The van der Waals surface area contributed by atoms with Crippen LogP contribution in [-0.2, 0) is 25.2 Å². The molecule has 0 aromatic carbocycles. The number of ether oxygens (including phenoxy) is 1. The number of hydrogen-bond donors (Lipinski definition) is 0. The summed E-state index contributed by atoms with van der Waals surface area (Å²) in [5.41, 5.74) is 0. The van der Waals surface area contributed by atoms with Gasteiger partial charge >= 0.3 is 43.0 Å². The Balaban J connectivity index is 6.16. The van der Waals surface area contributed by atoms with Crippen molar-refractivity contribution in [2.45, 2.75) is 10.4 Å². The first-order chi connectivity index (χ1) is 8.08. The van der Waals surface area contributed by atoms with E-state index in [1.54, 1.807) is 0 Å². The van der Waals surface area contributed by atoms with E-state index >= 15 is 0 Å². The molecule has 0 saturated heterocycles. The lowest BCUT2D eigenvalue weighted by Gasteiger charge is -2.24. The van der Waals surface area contributed by atoms with Crippen LogP contribution in [0.25, 0.3) is 0 Å². The summed E-state index contributed by atoms with van der Waals surface area (Å²) in [7, 11) is -15.2. The van der Waals surface area contributed by atoms with E-state index in [9.17, 15) is 50.9 Å². The van der Waals surface area contributed by atoms with E-state index in [4.69, 9.17) is 0 Å². The van der Waals surface area contributed by atoms with E-state index in [0.29, 0.717) is 0 Å². The smallest absolute Gasteiger partial charge is 0.398 e. The molecule has 0 N–H and O–H groups in total. The Hall–Kier alpha value is -1.12. The molecule has 0 saturated carbocycles. The van der Waals surface area contributed by atoms with Gasteiger partial charge in [0.1, 0.15) is 0 Å². The summed E-state index contributed by atoms with van der Waals surface area (Å²) >= 11 is 0. The van der Waals surface area contributed by atoms with Crippen LogP contribution in [0, 0.1) is 0 Å². The molecule has 15 heteroatoms. The van der Waals surface area contributed by atoms with Gasteiger partial charge in [-0.15, -0.1) is 7.77 Å². The first-order valence-electron chi connectivity index (χ1n) is 3.43. The van der Waals surface area contributed by atoms with Crippen molar-refractivity contribution in [3.8, 4) is 0 Å². The highest BCUT2D eigenvalue weighted by Crippen LogP contribution is 2.45. The predicted molar refractivity (Wildman–Crippen MR) is 40.3 cm³/mol. The fourth-order valence-corrected chi connectivity index (χ4v) is 2.22. The SMILES string of the molecule is O=S(=O)(F)C(F)(C(F)(F)OC(F)=C(F)F)S(=O)(=O)F. The highest BCUT2D eigenvalue weighted by molar-refractivity contribution is 8.05. The monoisotopic (exact) mass is 344 g/mol. The van der Waals surface area contributed by atoms with Gasteiger partial charge in [-0.3, -0.25) is 0 Å². The van der Waals surface area contributed by atoms with Crippen LogP contribution in [-0.4, -0.2) is 27.3 Å². The Labute approximate surface area is 99.4 Å². The highest BCUT2D eigenvalue weighted by Gasteiger charge is 2.78. The first-order valence-corrected chi connectivity index (χ1v) is 6.19. The van der Waals surface area contributed by atoms with E-state index in [1.807, 2.05) is 4.74 Å². The van der Waals surface area contributed by atoms with Crippen molar-refractivity contribution in [2.24, 2.45) is 0 Å². The third-order valence-corrected chi connectivity index (χ3v) is 4.27. The summed E-state index contributed by atoms with van der Waals surface area (Å²) in [6, 6.07) is -3.64. The molecule has 114 valence electrons. The summed E-state index contributed by atoms with van der Waals surface area (Å²) in [4.78, 5) is 0. The Bertz CT molecular complexity index is 555. The molecule has 0 rings (SSSR count). The van der Waals surface area contributed by atoms with E-state index in [0.717, 1.165) is 0 Å². The summed E-state index contributed by atoms with van der Waals surface area (Å²) in [5, 5.41) is 0. The highest BCUT2D eigenvalue weighted by atomic mass is 32.3. The lowest BCUT2D eigenvalue weighted by atomic mass is 10.7. The van der Waals surface area contributed by atoms with Gasteiger partial charge in [0.15, 0.2) is 0 Å². The summed E-state index contributed by atoms with van der Waals surface area (Å²) in [5.74, 6) is 0. The molecule has 0 radical (unpaired) electrons. The Morgan fingerprint density at radius 1 is 0.842 bits per heavy atom. The zero-order valence-electron chi connectivity index (χ0n) is 7.88. The van der Waals surface area contributed by atoms with Gasteiger partial charge in [-0.2, -0.15) is 43.2 Å². The van der Waals surface area contributed by atoms with Crippen LogP contribution in [0.15, 0.2) is 12.1 Å². The third kappa shape index (κ3) is 3.07. The Morgan fingerprint density at radius 2 is 1.16 bits per heavy atom. The second-order valence-corrected chi connectivity index (χ2v) is 5.70. The molecule has 0 heterocycles. The van der Waals surface area contributed by atoms with Gasteiger partial charge in [0.05, 0.1) is 0 Å². The average molecular weight is 344 g/mol. The minimum absolute atomic E-state index is 2.03. The average Bonchev–Trinajstić information content (AvgIpc) is 2.11. The molecule has 0 unspecified atom stereocenters. The van der Waals surface area contributed by atoms with Crippen LogP contribution in [0.1, 0.15) is 0 Å². The van der Waals surface area contributed by atoms with Gasteiger partial charge in [-0.05, 0) is 0 Å². The number of halogens is 8. The van der Waals surface area contributed by atoms with Crippen molar-refractivity contribution < 1.29 is 55.7 Å². The number of rotatable bonds is 5. The molecule has 0 atom stereocenters. The number of hydrogen-bond acceptors (Lipinski definition) is 5. The molecule has 0 spiro atoms. The molecule has 0 aliphatic carbocycles. The van der Waals surface area contributed by atoms with Gasteiger partial charge < -0.3 is 4.74 Å². The molecule has 0 aromatic heterocycles. The van der Waals surface area contributed by atoms with Gasteiger partial charge in [0, 0.05) is 0 Å². The van der Waals surface area contributed by atoms with Crippen molar-refractivity contribution in [1.29, 1.82) is 0 Å². The van der Waals surface area contributed by atoms with E-state index in [-0.39, 0.29) is 0 Å². The topological polar surface area (TPSA) is 77.5 Å². The molecular weight excluding hydrogens is 344 g/mol. The van der Waals surface area contributed by atoms with Crippen molar-refractivity contribution >= 4 is 20.4 Å². The fraction of sp³-hybridized carbons (Fsp3) is 0.500. The second kappa shape index (κ2) is 4.77. The number of alkyl halides is 3. The van der Waals surface area contributed by atoms with Crippen molar-refractivity contribution in [1.82, 2.24) is 0 Å². The minimum Gasteiger partial charge on any atom is -0.398 e.